The summed E-state index contributed by atoms with van der Waals surface area (Å²) in [6.45, 7) is 0. The van der Waals surface area contributed by atoms with Crippen molar-refractivity contribution in [2.75, 3.05) is 0 Å². The number of carbonyl (C=O) groups is 1. The average molecular weight is 306 g/mol. The van der Waals surface area contributed by atoms with E-state index in [2.05, 4.69) is 4.98 Å². The van der Waals surface area contributed by atoms with Gasteiger partial charge in [0, 0.05) is 22.6 Å². The Balaban J connectivity index is 1.98. The predicted octanol–water partition coefficient (Wildman–Crippen LogP) is 4.44. The third-order valence-electron chi connectivity index (χ3n) is 3.11. The van der Waals surface area contributed by atoms with E-state index in [1.165, 1.54) is 17.4 Å². The van der Waals surface area contributed by atoms with Gasteiger partial charge in [-0.15, -0.1) is 11.3 Å². The Bertz CT molecular complexity index is 672. The maximum Gasteiger partial charge on any atom is 0.328 e. The topological polar surface area (TPSA) is 50.2 Å². The number of nitrogens with zero attached hydrogens (tertiary/aromatic N) is 1. The lowest BCUT2D eigenvalue weighted by Crippen LogP contribution is -1.87. The van der Waals surface area contributed by atoms with Gasteiger partial charge in [0.05, 0.1) is 10.6 Å². The number of thiazole rings is 1. The van der Waals surface area contributed by atoms with Crippen molar-refractivity contribution in [3.8, 4) is 10.6 Å². The first-order valence-electron chi connectivity index (χ1n) is 6.31. The molecule has 0 unspecified atom stereocenters. The molecule has 1 saturated carbocycles. The Morgan fingerprint density at radius 1 is 1.35 bits per heavy atom. The number of carboxylic acid groups (broad SMARTS) is 1. The number of rotatable bonds is 4. The lowest BCUT2D eigenvalue weighted by atomic mass is 10.2. The highest BCUT2D eigenvalue weighted by atomic mass is 35.5. The molecular formula is C15H12ClNO2S. The van der Waals surface area contributed by atoms with Crippen LogP contribution in [0.4, 0.5) is 0 Å². The predicted molar refractivity (Wildman–Crippen MR) is 81.2 cm³/mol. The molecule has 0 radical (unpaired) electrons. The van der Waals surface area contributed by atoms with Crippen molar-refractivity contribution in [1.82, 2.24) is 4.98 Å². The second kappa shape index (κ2) is 5.38. The van der Waals surface area contributed by atoms with Gasteiger partial charge in [0.15, 0.2) is 0 Å². The van der Waals surface area contributed by atoms with E-state index in [1.54, 1.807) is 6.08 Å². The molecule has 5 heteroatoms. The van der Waals surface area contributed by atoms with E-state index in [-0.39, 0.29) is 0 Å². The number of carboxylic acids is 1. The number of hydrogen-bond donors (Lipinski definition) is 1. The van der Waals surface area contributed by atoms with Crippen LogP contribution in [0, 0.1) is 0 Å². The lowest BCUT2D eigenvalue weighted by molar-refractivity contribution is -0.131. The van der Waals surface area contributed by atoms with Crippen LogP contribution in [0.1, 0.15) is 29.3 Å². The highest BCUT2D eigenvalue weighted by molar-refractivity contribution is 7.16. The number of halogens is 1. The van der Waals surface area contributed by atoms with Gasteiger partial charge in [-0.3, -0.25) is 0 Å². The summed E-state index contributed by atoms with van der Waals surface area (Å²) in [5, 5.41) is 10.4. The fourth-order valence-electron chi connectivity index (χ4n) is 1.98. The van der Waals surface area contributed by atoms with Crippen molar-refractivity contribution in [2.45, 2.75) is 18.8 Å². The Morgan fingerprint density at radius 3 is 2.65 bits per heavy atom. The average Bonchev–Trinajstić information content (AvgIpc) is 3.18. The minimum atomic E-state index is -0.937. The van der Waals surface area contributed by atoms with Gasteiger partial charge in [-0.1, -0.05) is 23.7 Å². The number of hydrogen-bond acceptors (Lipinski definition) is 3. The van der Waals surface area contributed by atoms with Crippen molar-refractivity contribution in [1.29, 1.82) is 0 Å². The van der Waals surface area contributed by atoms with Crippen LogP contribution in [0.15, 0.2) is 30.3 Å². The SMILES string of the molecule is O=C(O)/C=C/c1sc(-c2ccc(Cl)cc2)nc1C1CC1. The van der Waals surface area contributed by atoms with E-state index in [0.717, 1.165) is 34.0 Å². The molecule has 20 heavy (non-hydrogen) atoms. The summed E-state index contributed by atoms with van der Waals surface area (Å²) in [5.74, 6) is -0.450. The molecule has 1 aromatic heterocycles. The van der Waals surface area contributed by atoms with Crippen molar-refractivity contribution >= 4 is 35.0 Å². The monoisotopic (exact) mass is 305 g/mol. The molecule has 2 aromatic rings. The third kappa shape index (κ3) is 2.92. The fraction of sp³-hybridized carbons (Fsp3) is 0.200. The number of aromatic nitrogens is 1. The summed E-state index contributed by atoms with van der Waals surface area (Å²) in [4.78, 5) is 16.3. The Labute approximate surface area is 125 Å². The zero-order valence-corrected chi connectivity index (χ0v) is 12.1. The maximum atomic E-state index is 10.7. The summed E-state index contributed by atoms with van der Waals surface area (Å²) >= 11 is 7.41. The molecule has 0 atom stereocenters. The minimum Gasteiger partial charge on any atom is -0.478 e. The smallest absolute Gasteiger partial charge is 0.328 e. The first-order chi connectivity index (χ1) is 9.63. The van der Waals surface area contributed by atoms with E-state index in [0.29, 0.717) is 10.9 Å². The third-order valence-corrected chi connectivity index (χ3v) is 4.45. The molecule has 1 N–H and O–H groups in total. The summed E-state index contributed by atoms with van der Waals surface area (Å²) in [6.07, 6.45) is 5.09. The molecule has 1 fully saturated rings. The molecule has 0 bridgehead atoms. The van der Waals surface area contributed by atoms with Gasteiger partial charge in [0.25, 0.3) is 0 Å². The van der Waals surface area contributed by atoms with E-state index in [1.807, 2.05) is 24.3 Å². The highest BCUT2D eigenvalue weighted by Crippen LogP contribution is 2.44. The van der Waals surface area contributed by atoms with Gasteiger partial charge in [-0.25, -0.2) is 9.78 Å². The Morgan fingerprint density at radius 2 is 2.05 bits per heavy atom. The molecule has 1 aliphatic rings. The largest absolute Gasteiger partial charge is 0.478 e. The molecule has 3 nitrogen and oxygen atoms in total. The molecule has 3 rings (SSSR count). The quantitative estimate of drug-likeness (QED) is 0.850. The summed E-state index contributed by atoms with van der Waals surface area (Å²) in [5.41, 5.74) is 2.04. The maximum absolute atomic E-state index is 10.7. The van der Waals surface area contributed by atoms with Crippen LogP contribution < -0.4 is 0 Å². The lowest BCUT2D eigenvalue weighted by Gasteiger charge is -1.95. The fourth-order valence-corrected chi connectivity index (χ4v) is 3.16. The molecule has 1 aliphatic carbocycles. The molecule has 0 aliphatic heterocycles. The van der Waals surface area contributed by atoms with E-state index in [4.69, 9.17) is 16.7 Å². The van der Waals surface area contributed by atoms with Crippen LogP contribution in [0.2, 0.25) is 5.02 Å². The van der Waals surface area contributed by atoms with Gasteiger partial charge >= 0.3 is 5.97 Å². The second-order valence-corrected chi connectivity index (χ2v) is 6.19. The zero-order valence-electron chi connectivity index (χ0n) is 10.5. The van der Waals surface area contributed by atoms with Crippen LogP contribution >= 0.6 is 22.9 Å². The molecule has 102 valence electrons. The molecule has 0 spiro atoms. The molecular weight excluding hydrogens is 294 g/mol. The van der Waals surface area contributed by atoms with Gasteiger partial charge in [0.2, 0.25) is 0 Å². The molecule has 0 amide bonds. The summed E-state index contributed by atoms with van der Waals surface area (Å²) < 4.78 is 0. The number of benzene rings is 1. The van der Waals surface area contributed by atoms with Gasteiger partial charge in [-0.2, -0.15) is 0 Å². The summed E-state index contributed by atoms with van der Waals surface area (Å²) in [7, 11) is 0. The van der Waals surface area contributed by atoms with E-state index in [9.17, 15) is 4.79 Å². The first kappa shape index (κ1) is 13.3. The first-order valence-corrected chi connectivity index (χ1v) is 7.50. The van der Waals surface area contributed by atoms with Crippen molar-refractivity contribution in [3.05, 3.63) is 45.9 Å². The Kier molecular flexibility index (Phi) is 3.59. The van der Waals surface area contributed by atoms with Crippen molar-refractivity contribution < 1.29 is 9.90 Å². The van der Waals surface area contributed by atoms with Crippen molar-refractivity contribution in [3.63, 3.8) is 0 Å². The minimum absolute atomic E-state index is 0.487. The van der Waals surface area contributed by atoms with E-state index < -0.39 is 5.97 Å². The van der Waals surface area contributed by atoms with Gasteiger partial charge in [0.1, 0.15) is 5.01 Å². The molecule has 1 aromatic carbocycles. The normalized spacial score (nSPS) is 14.8. The second-order valence-electron chi connectivity index (χ2n) is 4.72. The van der Waals surface area contributed by atoms with Crippen LogP contribution in [0.5, 0.6) is 0 Å². The molecule has 0 saturated heterocycles. The molecule has 1 heterocycles. The zero-order chi connectivity index (χ0) is 14.1. The van der Waals surface area contributed by atoms with Crippen LogP contribution in [0.25, 0.3) is 16.6 Å². The van der Waals surface area contributed by atoms with Crippen LogP contribution in [-0.2, 0) is 4.79 Å². The highest BCUT2D eigenvalue weighted by Gasteiger charge is 2.29. The van der Waals surface area contributed by atoms with Gasteiger partial charge in [-0.05, 0) is 31.1 Å². The van der Waals surface area contributed by atoms with Crippen LogP contribution in [0.3, 0.4) is 0 Å². The van der Waals surface area contributed by atoms with Gasteiger partial charge < -0.3 is 5.11 Å². The Hall–Kier alpha value is -1.65. The van der Waals surface area contributed by atoms with E-state index >= 15 is 0 Å². The summed E-state index contributed by atoms with van der Waals surface area (Å²) in [6, 6.07) is 7.54. The van der Waals surface area contributed by atoms with Crippen molar-refractivity contribution in [2.24, 2.45) is 0 Å². The van der Waals surface area contributed by atoms with Crippen LogP contribution in [-0.4, -0.2) is 16.1 Å². The number of aliphatic carboxylic acids is 1. The standard InChI is InChI=1S/C15H12ClNO2S/c16-11-5-3-10(4-6-11)15-17-14(9-1-2-9)12(20-15)7-8-13(18)19/h3-9H,1-2H2,(H,18,19)/b8-7+.